The lowest BCUT2D eigenvalue weighted by molar-refractivity contribution is 0.156. The summed E-state index contributed by atoms with van der Waals surface area (Å²) in [6, 6.07) is 12.0. The van der Waals surface area contributed by atoms with Crippen LogP contribution in [0.15, 0.2) is 48.7 Å². The van der Waals surface area contributed by atoms with Crippen LogP contribution in [0.1, 0.15) is 0 Å². The second-order valence-electron chi connectivity index (χ2n) is 3.01. The summed E-state index contributed by atoms with van der Waals surface area (Å²) in [5.74, 6) is 0.833. The van der Waals surface area contributed by atoms with Crippen LogP contribution in [0.25, 0.3) is 0 Å². The molecule has 0 saturated carbocycles. The zero-order chi connectivity index (χ0) is 10.7. The highest BCUT2D eigenvalue weighted by Gasteiger charge is 2.00. The Morgan fingerprint density at radius 1 is 1.13 bits per heavy atom. The highest BCUT2D eigenvalue weighted by molar-refractivity contribution is 5.26. The molecule has 1 aromatic heterocycles. The molecule has 1 aromatic carbocycles. The van der Waals surface area contributed by atoms with Gasteiger partial charge in [-0.1, -0.05) is 18.2 Å². The van der Waals surface area contributed by atoms with Crippen molar-refractivity contribution in [1.29, 1.82) is 5.41 Å². The molecule has 15 heavy (non-hydrogen) atoms. The Balaban J connectivity index is 2.32. The quantitative estimate of drug-likeness (QED) is 0.732. The molecule has 0 bridgehead atoms. The third kappa shape index (κ3) is 2.17. The number of benzene rings is 1. The number of hydrogen-bond donors (Lipinski definition) is 2. The van der Waals surface area contributed by atoms with Gasteiger partial charge in [0.1, 0.15) is 5.75 Å². The van der Waals surface area contributed by atoms with Gasteiger partial charge in [0.25, 0.3) is 0 Å². The van der Waals surface area contributed by atoms with E-state index < -0.39 is 0 Å². The van der Waals surface area contributed by atoms with Crippen LogP contribution < -0.4 is 10.1 Å². The Hall–Kier alpha value is -2.23. The van der Waals surface area contributed by atoms with Gasteiger partial charge in [0.05, 0.1) is 5.36 Å². The Kier molecular flexibility index (Phi) is 2.41. The number of hydrogen-bond acceptors (Lipinski definition) is 3. The lowest BCUT2D eigenvalue weighted by Gasteiger charge is -2.08. The fourth-order valence-corrected chi connectivity index (χ4v) is 1.16. The molecule has 0 amide bonds. The molecule has 2 N–H and O–H groups in total. The number of ether oxygens (including phenoxy) is 1. The summed E-state index contributed by atoms with van der Waals surface area (Å²) in [5.41, 5.74) is 0. The molecule has 1 heterocycles. The molecular weight excluding hydrogens is 192 g/mol. The van der Waals surface area contributed by atoms with Gasteiger partial charge in [-0.05, 0) is 18.2 Å². The number of pyridine rings is 1. The molecule has 0 aliphatic rings. The number of nitrogens with one attached hydrogen (secondary N) is 1. The topological polar surface area (TPSA) is 58.2 Å². The smallest absolute Gasteiger partial charge is 0.234 e. The highest BCUT2D eigenvalue weighted by atomic mass is 16.6. The molecule has 0 spiro atoms. The van der Waals surface area contributed by atoms with E-state index in [1.165, 1.54) is 18.3 Å². The third-order valence-corrected chi connectivity index (χ3v) is 1.87. The number of rotatable bonds is 2. The van der Waals surface area contributed by atoms with E-state index >= 15 is 0 Å². The van der Waals surface area contributed by atoms with Crippen molar-refractivity contribution in [2.45, 2.75) is 0 Å². The van der Waals surface area contributed by atoms with Crippen LogP contribution in [-0.2, 0) is 0 Å². The van der Waals surface area contributed by atoms with Gasteiger partial charge in [-0.15, -0.1) is 0 Å². The van der Waals surface area contributed by atoms with Gasteiger partial charge in [-0.25, -0.2) is 0 Å². The van der Waals surface area contributed by atoms with Crippen LogP contribution >= 0.6 is 0 Å². The molecule has 0 saturated heterocycles. The fourth-order valence-electron chi connectivity index (χ4n) is 1.16. The average Bonchev–Trinajstić information content (AvgIpc) is 2.25. The Labute approximate surface area is 86.5 Å². The zero-order valence-corrected chi connectivity index (χ0v) is 7.92. The van der Waals surface area contributed by atoms with Gasteiger partial charge in [0.15, 0.2) is 0 Å². The summed E-state index contributed by atoms with van der Waals surface area (Å²) in [4.78, 5) is 0. The highest BCUT2D eigenvalue weighted by Crippen LogP contribution is 2.17. The summed E-state index contributed by atoms with van der Waals surface area (Å²) in [6.07, 6.45) is 1.36. The number of nitrogens with zero attached hydrogens (tertiary/aromatic N) is 1. The first kappa shape index (κ1) is 9.33. The first-order valence-corrected chi connectivity index (χ1v) is 4.45. The Morgan fingerprint density at radius 3 is 2.60 bits per heavy atom. The SMILES string of the molecule is N=c1ccn(O)c(Oc2ccccc2)c1. The van der Waals surface area contributed by atoms with Gasteiger partial charge >= 0.3 is 0 Å². The van der Waals surface area contributed by atoms with E-state index in [2.05, 4.69) is 0 Å². The molecule has 0 aliphatic carbocycles. The van der Waals surface area contributed by atoms with E-state index in [0.29, 0.717) is 5.75 Å². The minimum Gasteiger partial charge on any atom is -0.438 e. The predicted octanol–water partition coefficient (Wildman–Crippen LogP) is 2.00. The third-order valence-electron chi connectivity index (χ3n) is 1.87. The van der Waals surface area contributed by atoms with E-state index in [1.54, 1.807) is 12.1 Å². The average molecular weight is 202 g/mol. The normalized spacial score (nSPS) is 9.87. The van der Waals surface area contributed by atoms with Crippen molar-refractivity contribution in [3.8, 4) is 11.6 Å². The number of para-hydroxylation sites is 1. The summed E-state index contributed by atoms with van der Waals surface area (Å²) in [7, 11) is 0. The molecule has 0 aliphatic heterocycles. The van der Waals surface area contributed by atoms with Crippen molar-refractivity contribution in [3.05, 3.63) is 54.0 Å². The standard InChI is InChI=1S/C11H10N2O2/c12-9-6-7-13(14)11(8-9)15-10-4-2-1-3-5-10/h1-8,12,14H. The van der Waals surface area contributed by atoms with E-state index in [4.69, 9.17) is 10.1 Å². The molecule has 76 valence electrons. The van der Waals surface area contributed by atoms with Gasteiger partial charge in [-0.2, -0.15) is 4.73 Å². The molecule has 0 atom stereocenters. The maximum atomic E-state index is 9.40. The largest absolute Gasteiger partial charge is 0.438 e. The second kappa shape index (κ2) is 3.88. The van der Waals surface area contributed by atoms with Crippen LogP contribution in [0.5, 0.6) is 11.6 Å². The van der Waals surface area contributed by atoms with Crippen molar-refractivity contribution in [2.75, 3.05) is 0 Å². The zero-order valence-electron chi connectivity index (χ0n) is 7.92. The minimum absolute atomic E-state index is 0.216. The van der Waals surface area contributed by atoms with Gasteiger partial charge in [0.2, 0.25) is 5.88 Å². The molecule has 2 rings (SSSR count). The van der Waals surface area contributed by atoms with Crippen LogP contribution in [-0.4, -0.2) is 9.94 Å². The molecule has 0 fully saturated rings. The lowest BCUT2D eigenvalue weighted by Crippen LogP contribution is -2.05. The van der Waals surface area contributed by atoms with Crippen LogP contribution in [0.2, 0.25) is 0 Å². The molecule has 2 aromatic rings. The summed E-state index contributed by atoms with van der Waals surface area (Å²) in [6.45, 7) is 0. The van der Waals surface area contributed by atoms with Crippen molar-refractivity contribution in [3.63, 3.8) is 0 Å². The van der Waals surface area contributed by atoms with Crippen molar-refractivity contribution in [1.82, 2.24) is 4.73 Å². The lowest BCUT2D eigenvalue weighted by atomic mass is 10.3. The fraction of sp³-hybridized carbons (Fsp3) is 0. The molecule has 4 nitrogen and oxygen atoms in total. The van der Waals surface area contributed by atoms with Crippen LogP contribution in [0, 0.1) is 5.41 Å². The van der Waals surface area contributed by atoms with Gasteiger partial charge in [0, 0.05) is 12.3 Å². The first-order chi connectivity index (χ1) is 7.25. The summed E-state index contributed by atoms with van der Waals surface area (Å²) < 4.78 is 6.22. The molecular formula is C11H10N2O2. The summed E-state index contributed by atoms with van der Waals surface area (Å²) >= 11 is 0. The number of aromatic nitrogens is 1. The molecule has 0 radical (unpaired) electrons. The molecule has 0 unspecified atom stereocenters. The maximum absolute atomic E-state index is 9.40. The molecule has 4 heteroatoms. The maximum Gasteiger partial charge on any atom is 0.234 e. The Bertz CT molecular complexity index is 505. The van der Waals surface area contributed by atoms with Gasteiger partial charge in [-0.3, -0.25) is 0 Å². The van der Waals surface area contributed by atoms with Crippen molar-refractivity contribution in [2.24, 2.45) is 0 Å². The second-order valence-corrected chi connectivity index (χ2v) is 3.01. The van der Waals surface area contributed by atoms with Crippen LogP contribution in [0.4, 0.5) is 0 Å². The Morgan fingerprint density at radius 2 is 1.87 bits per heavy atom. The van der Waals surface area contributed by atoms with E-state index in [-0.39, 0.29) is 11.2 Å². The van der Waals surface area contributed by atoms with Crippen molar-refractivity contribution >= 4 is 0 Å². The first-order valence-electron chi connectivity index (χ1n) is 4.45. The van der Waals surface area contributed by atoms with E-state index in [0.717, 1.165) is 4.73 Å². The van der Waals surface area contributed by atoms with E-state index in [9.17, 15) is 5.21 Å². The summed E-state index contributed by atoms with van der Waals surface area (Å²) in [5, 5.41) is 17.1. The van der Waals surface area contributed by atoms with E-state index in [1.807, 2.05) is 18.2 Å². The van der Waals surface area contributed by atoms with Crippen molar-refractivity contribution < 1.29 is 9.94 Å². The minimum atomic E-state index is 0.216. The van der Waals surface area contributed by atoms with Gasteiger partial charge < -0.3 is 15.4 Å². The predicted molar refractivity (Wildman–Crippen MR) is 54.0 cm³/mol. The monoisotopic (exact) mass is 202 g/mol. The van der Waals surface area contributed by atoms with Crippen LogP contribution in [0.3, 0.4) is 0 Å².